The Labute approximate surface area is 90.8 Å². The lowest BCUT2D eigenvalue weighted by Crippen LogP contribution is -3.00. The summed E-state index contributed by atoms with van der Waals surface area (Å²) in [5, 5.41) is 8.78. The van der Waals surface area contributed by atoms with Crippen molar-refractivity contribution in [2.75, 3.05) is 19.0 Å². The normalized spacial score (nSPS) is 8.79. The van der Waals surface area contributed by atoms with Crippen molar-refractivity contribution in [3.8, 4) is 0 Å². The molecule has 0 saturated heterocycles. The molecule has 3 nitrogen and oxygen atoms in total. The van der Waals surface area contributed by atoms with Crippen molar-refractivity contribution >= 4 is 11.4 Å². The van der Waals surface area contributed by atoms with Crippen molar-refractivity contribution in [2.45, 2.75) is 13.8 Å². The largest absolute Gasteiger partial charge is 1.00 e. The Balaban J connectivity index is 0.00000169. The van der Waals surface area contributed by atoms with Crippen LogP contribution in [0.3, 0.4) is 0 Å². The fourth-order valence-corrected chi connectivity index (χ4v) is 1.22. The Hall–Kier alpha value is -1.27. The van der Waals surface area contributed by atoms with Crippen molar-refractivity contribution in [1.82, 2.24) is 0 Å². The summed E-state index contributed by atoms with van der Waals surface area (Å²) in [6, 6.07) is 3.90. The molecule has 1 rings (SSSR count). The van der Waals surface area contributed by atoms with Crippen LogP contribution < -0.4 is 17.3 Å². The summed E-state index contributed by atoms with van der Waals surface area (Å²) < 4.78 is 0. The molecule has 0 bridgehead atoms. The Morgan fingerprint density at radius 3 is 2.07 bits per heavy atom. The number of nitrogens with zero attached hydrogens (tertiary/aromatic N) is 3. The quantitative estimate of drug-likeness (QED) is 0.606. The highest BCUT2D eigenvalue weighted by Crippen LogP contribution is 2.30. The summed E-state index contributed by atoms with van der Waals surface area (Å²) in [6.45, 7) is 4.05. The topological polar surface area (TPSA) is 31.4 Å². The minimum atomic E-state index is 0. The third-order valence-corrected chi connectivity index (χ3v) is 2.18. The molecule has 0 aliphatic rings. The number of diazo groups is 1. The Morgan fingerprint density at radius 2 is 1.64 bits per heavy atom. The molecule has 76 valence electrons. The van der Waals surface area contributed by atoms with Gasteiger partial charge >= 0.3 is 5.69 Å². The molecular weight excluding hydrogens is 198 g/mol. The smallest absolute Gasteiger partial charge is 0.408 e. The lowest BCUT2D eigenvalue weighted by atomic mass is 10.1. The summed E-state index contributed by atoms with van der Waals surface area (Å²) in [7, 11) is 3.86. The Kier molecular flexibility index (Phi) is 4.39. The standard InChI is InChI=1S/C10H14N3.ClH/c1-7-5-9(12-11)10(13(3)4)6-8(7)2;/h5-6H,1-4H3;1H/q+1;/p-1. The van der Waals surface area contributed by atoms with Crippen LogP contribution in [0, 0.1) is 19.2 Å². The first kappa shape index (κ1) is 12.7. The highest BCUT2D eigenvalue weighted by Gasteiger charge is 2.16. The van der Waals surface area contributed by atoms with Crippen LogP contribution in [0.5, 0.6) is 0 Å². The number of hydrogen-bond donors (Lipinski definition) is 0. The average molecular weight is 212 g/mol. The number of rotatable bonds is 1. The van der Waals surface area contributed by atoms with Crippen molar-refractivity contribution < 1.29 is 12.4 Å². The zero-order chi connectivity index (χ0) is 10.0. The van der Waals surface area contributed by atoms with Crippen LogP contribution in [0.4, 0.5) is 11.4 Å². The van der Waals surface area contributed by atoms with Gasteiger partial charge in [0, 0.05) is 20.2 Å². The summed E-state index contributed by atoms with van der Waals surface area (Å²) in [5.74, 6) is 0. The maximum atomic E-state index is 8.78. The van der Waals surface area contributed by atoms with E-state index in [9.17, 15) is 0 Å². The molecule has 0 saturated carbocycles. The van der Waals surface area contributed by atoms with Crippen molar-refractivity contribution in [3.63, 3.8) is 0 Å². The van der Waals surface area contributed by atoms with Gasteiger partial charge in [-0.1, -0.05) is 0 Å². The monoisotopic (exact) mass is 211 g/mol. The van der Waals surface area contributed by atoms with Gasteiger partial charge in [0.1, 0.15) is 5.69 Å². The molecule has 0 spiro atoms. The molecule has 14 heavy (non-hydrogen) atoms. The third-order valence-electron chi connectivity index (χ3n) is 2.18. The molecule has 1 aromatic rings. The summed E-state index contributed by atoms with van der Waals surface area (Å²) >= 11 is 0. The number of aryl methyl sites for hydroxylation is 2. The van der Waals surface area contributed by atoms with Gasteiger partial charge in [-0.15, -0.1) is 0 Å². The van der Waals surface area contributed by atoms with Gasteiger partial charge in [0.05, 0.1) is 0 Å². The van der Waals surface area contributed by atoms with Crippen LogP contribution in [0.2, 0.25) is 0 Å². The predicted octanol–water partition coefficient (Wildman–Crippen LogP) is -0.142. The molecule has 4 heteroatoms. The van der Waals surface area contributed by atoms with Crippen LogP contribution in [-0.4, -0.2) is 14.1 Å². The van der Waals surface area contributed by atoms with E-state index in [1.165, 1.54) is 5.56 Å². The van der Waals surface area contributed by atoms with Crippen LogP contribution in [-0.2, 0) is 0 Å². The predicted molar refractivity (Wildman–Crippen MR) is 55.0 cm³/mol. The first-order valence-electron chi connectivity index (χ1n) is 4.20. The molecule has 0 fully saturated rings. The molecule has 0 heterocycles. The van der Waals surface area contributed by atoms with Gasteiger partial charge in [-0.25, -0.2) is 0 Å². The van der Waals surface area contributed by atoms with E-state index in [0.29, 0.717) is 5.69 Å². The molecular formula is C10H14ClN3. The zero-order valence-corrected chi connectivity index (χ0v) is 9.63. The summed E-state index contributed by atoms with van der Waals surface area (Å²) in [6.07, 6.45) is 0. The van der Waals surface area contributed by atoms with Gasteiger partial charge < -0.3 is 17.3 Å². The highest BCUT2D eigenvalue weighted by atomic mass is 35.5. The maximum absolute atomic E-state index is 8.78. The number of benzene rings is 1. The van der Waals surface area contributed by atoms with E-state index < -0.39 is 0 Å². The van der Waals surface area contributed by atoms with Crippen molar-refractivity contribution in [1.29, 1.82) is 5.39 Å². The molecule has 0 aromatic heterocycles. The van der Waals surface area contributed by atoms with E-state index in [1.54, 1.807) is 0 Å². The van der Waals surface area contributed by atoms with E-state index in [-0.39, 0.29) is 12.4 Å². The second-order valence-electron chi connectivity index (χ2n) is 3.42. The van der Waals surface area contributed by atoms with E-state index in [0.717, 1.165) is 11.3 Å². The van der Waals surface area contributed by atoms with Crippen LogP contribution in [0.15, 0.2) is 12.1 Å². The van der Waals surface area contributed by atoms with E-state index in [1.807, 2.05) is 45.0 Å². The molecule has 0 amide bonds. The first-order chi connectivity index (χ1) is 6.06. The second kappa shape index (κ2) is 4.83. The number of halogens is 1. The SMILES string of the molecule is Cc1cc([N+]#N)c(N(C)C)cc1C.[Cl-]. The van der Waals surface area contributed by atoms with Gasteiger partial charge in [-0.05, 0) is 31.0 Å². The van der Waals surface area contributed by atoms with Gasteiger partial charge in [0.2, 0.25) is 5.39 Å². The molecule has 1 aromatic carbocycles. The fraction of sp³-hybridized carbons (Fsp3) is 0.400. The van der Waals surface area contributed by atoms with E-state index >= 15 is 0 Å². The lowest BCUT2D eigenvalue weighted by Gasteiger charge is -2.10. The lowest BCUT2D eigenvalue weighted by molar-refractivity contribution is -0.00000312. The summed E-state index contributed by atoms with van der Waals surface area (Å²) in [4.78, 5) is 5.18. The van der Waals surface area contributed by atoms with Crippen molar-refractivity contribution in [3.05, 3.63) is 28.2 Å². The Morgan fingerprint density at radius 1 is 1.14 bits per heavy atom. The van der Waals surface area contributed by atoms with Crippen molar-refractivity contribution in [2.24, 2.45) is 0 Å². The maximum Gasteiger partial charge on any atom is 0.408 e. The Bertz CT molecular complexity index is 366. The van der Waals surface area contributed by atoms with E-state index in [2.05, 4.69) is 4.98 Å². The number of hydrogen-bond acceptors (Lipinski definition) is 2. The van der Waals surface area contributed by atoms with Crippen LogP contribution in [0.1, 0.15) is 11.1 Å². The van der Waals surface area contributed by atoms with Gasteiger partial charge in [-0.2, -0.15) is 0 Å². The molecule has 0 radical (unpaired) electrons. The minimum Gasteiger partial charge on any atom is -1.00 e. The minimum absolute atomic E-state index is 0. The third kappa shape index (κ3) is 2.36. The highest BCUT2D eigenvalue weighted by molar-refractivity contribution is 5.72. The van der Waals surface area contributed by atoms with Crippen LogP contribution in [0.25, 0.3) is 4.98 Å². The number of anilines is 1. The molecule has 0 aliphatic heterocycles. The second-order valence-corrected chi connectivity index (χ2v) is 3.42. The molecule has 0 unspecified atom stereocenters. The summed E-state index contributed by atoms with van der Waals surface area (Å²) in [5.41, 5.74) is 3.90. The van der Waals surface area contributed by atoms with Gasteiger partial charge in [-0.3, -0.25) is 0 Å². The molecule has 0 N–H and O–H groups in total. The van der Waals surface area contributed by atoms with Gasteiger partial charge in [0.15, 0.2) is 4.98 Å². The molecule has 0 aliphatic carbocycles. The van der Waals surface area contributed by atoms with Crippen LogP contribution >= 0.6 is 0 Å². The fourth-order valence-electron chi connectivity index (χ4n) is 1.22. The first-order valence-corrected chi connectivity index (χ1v) is 4.20. The van der Waals surface area contributed by atoms with E-state index in [4.69, 9.17) is 5.39 Å². The average Bonchev–Trinajstić information content (AvgIpc) is 2.08. The molecule has 0 atom stereocenters. The zero-order valence-electron chi connectivity index (χ0n) is 8.87. The van der Waals surface area contributed by atoms with Gasteiger partial charge in [0.25, 0.3) is 0 Å².